The second-order valence-corrected chi connectivity index (χ2v) is 11.3. The third-order valence-corrected chi connectivity index (χ3v) is 8.33. The van der Waals surface area contributed by atoms with E-state index in [0.29, 0.717) is 10.8 Å². The fourth-order valence-corrected chi connectivity index (χ4v) is 5.93. The maximum Gasteiger partial charge on any atom is 0.471 e. The molecule has 13 heteroatoms. The fourth-order valence-electron chi connectivity index (χ4n) is 5.93. The molecule has 0 bridgehead atoms. The summed E-state index contributed by atoms with van der Waals surface area (Å²) >= 11 is 0. The number of carbonyl (C=O) groups is 4. The molecule has 3 aliphatic rings. The predicted octanol–water partition coefficient (Wildman–Crippen LogP) is 1.60. The number of nitrogens with one attached hydrogen (secondary N) is 2. The summed E-state index contributed by atoms with van der Waals surface area (Å²) in [5, 5.41) is 13.6. The highest BCUT2D eigenvalue weighted by Crippen LogP contribution is 2.65. The van der Waals surface area contributed by atoms with Gasteiger partial charge in [-0.3, -0.25) is 19.2 Å². The smallest absolute Gasteiger partial charge is 0.368 e. The normalized spacial score (nSPS) is 24.9. The van der Waals surface area contributed by atoms with Gasteiger partial charge in [0.15, 0.2) is 6.04 Å². The minimum Gasteiger partial charge on any atom is -0.368 e. The molecular formula is C26H29F3N6O4. The lowest BCUT2D eigenvalue weighted by Gasteiger charge is -2.33. The summed E-state index contributed by atoms with van der Waals surface area (Å²) in [5.74, 6) is -4.83. The van der Waals surface area contributed by atoms with Crippen molar-refractivity contribution in [3.63, 3.8) is 0 Å². The SMILES string of the molecule is CC1(C)[C@@H]2[C@@H](C(=O)NC(C(N)=O)c3nncc4ccccc34)N(C(=O)C(CC3CC3)NC(=O)C(F)(F)F)C[C@@H]21. The van der Waals surface area contributed by atoms with Crippen molar-refractivity contribution in [3.05, 3.63) is 36.2 Å². The van der Waals surface area contributed by atoms with E-state index in [1.807, 2.05) is 19.2 Å². The number of hydrogen-bond acceptors (Lipinski definition) is 6. The summed E-state index contributed by atoms with van der Waals surface area (Å²) in [5.41, 5.74) is 5.48. The molecule has 39 heavy (non-hydrogen) atoms. The highest BCUT2D eigenvalue weighted by atomic mass is 19.4. The Bertz CT molecular complexity index is 1340. The Balaban J connectivity index is 1.42. The number of amides is 4. The number of alkyl halides is 3. The molecule has 1 aromatic heterocycles. The van der Waals surface area contributed by atoms with E-state index in [1.165, 1.54) is 11.1 Å². The van der Waals surface area contributed by atoms with Crippen LogP contribution in [-0.4, -0.2) is 63.5 Å². The maximum absolute atomic E-state index is 13.7. The number of benzene rings is 1. The van der Waals surface area contributed by atoms with Gasteiger partial charge in [-0.25, -0.2) is 0 Å². The molecule has 1 saturated heterocycles. The quantitative estimate of drug-likeness (QED) is 0.458. The van der Waals surface area contributed by atoms with E-state index in [2.05, 4.69) is 15.5 Å². The van der Waals surface area contributed by atoms with Crippen molar-refractivity contribution >= 4 is 34.4 Å². The number of piperidine rings is 1. The number of nitrogens with two attached hydrogens (primary N) is 1. The molecule has 10 nitrogen and oxygen atoms in total. The average molecular weight is 547 g/mol. The van der Waals surface area contributed by atoms with Gasteiger partial charge in [0.1, 0.15) is 17.8 Å². The summed E-state index contributed by atoms with van der Waals surface area (Å²) in [6.45, 7) is 4.03. The van der Waals surface area contributed by atoms with Crippen LogP contribution in [-0.2, 0) is 19.2 Å². The zero-order valence-corrected chi connectivity index (χ0v) is 21.4. The van der Waals surface area contributed by atoms with Gasteiger partial charge in [-0.1, -0.05) is 51.0 Å². The Hall–Kier alpha value is -3.77. The highest BCUT2D eigenvalue weighted by Gasteiger charge is 2.69. The van der Waals surface area contributed by atoms with E-state index >= 15 is 0 Å². The molecule has 2 aromatic rings. The van der Waals surface area contributed by atoms with Gasteiger partial charge in [0.2, 0.25) is 17.7 Å². The number of halogens is 3. The van der Waals surface area contributed by atoms with Crippen LogP contribution in [0.4, 0.5) is 13.2 Å². The van der Waals surface area contributed by atoms with Crippen LogP contribution in [0.15, 0.2) is 30.5 Å². The minimum atomic E-state index is -5.15. The first-order chi connectivity index (χ1) is 18.3. The summed E-state index contributed by atoms with van der Waals surface area (Å²) in [6, 6.07) is 3.14. The third-order valence-electron chi connectivity index (χ3n) is 8.33. The first kappa shape index (κ1) is 26.8. The summed E-state index contributed by atoms with van der Waals surface area (Å²) in [7, 11) is 0. The summed E-state index contributed by atoms with van der Waals surface area (Å²) in [6.07, 6.45) is -2.09. The second-order valence-electron chi connectivity index (χ2n) is 11.3. The second kappa shape index (κ2) is 9.45. The standard InChI is InChI=1S/C26H29F3N6O4/c1-25(2)15-11-35(23(38)16(9-12-7-8-12)32-24(39)26(27,28)29)20(17(15)25)22(37)33-19(21(30)36)18-14-6-4-3-5-13(14)10-31-34-18/h3-6,10,12,15-17,19-20H,7-9,11H2,1-2H3,(H2,30,36)(H,32,39)(H,33,37)/t15-,16?,17-,19?,20-/m0/s1. The first-order valence-corrected chi connectivity index (χ1v) is 12.8. The molecular weight excluding hydrogens is 517 g/mol. The van der Waals surface area contributed by atoms with Crippen LogP contribution in [0.2, 0.25) is 0 Å². The monoisotopic (exact) mass is 546 g/mol. The van der Waals surface area contributed by atoms with Gasteiger partial charge < -0.3 is 21.3 Å². The van der Waals surface area contributed by atoms with Crippen LogP contribution < -0.4 is 16.4 Å². The van der Waals surface area contributed by atoms with Gasteiger partial charge in [0.05, 0.1) is 6.20 Å². The van der Waals surface area contributed by atoms with Gasteiger partial charge in [-0.05, 0) is 29.6 Å². The van der Waals surface area contributed by atoms with E-state index < -0.39 is 47.9 Å². The molecule has 2 aliphatic carbocycles. The van der Waals surface area contributed by atoms with Crippen molar-refractivity contribution in [1.29, 1.82) is 0 Å². The minimum absolute atomic E-state index is 0.0255. The molecule has 1 aromatic carbocycles. The molecule has 0 radical (unpaired) electrons. The molecule has 5 atom stereocenters. The topological polar surface area (TPSA) is 147 Å². The zero-order chi connectivity index (χ0) is 28.3. The zero-order valence-electron chi connectivity index (χ0n) is 21.4. The fraction of sp³-hybridized carbons (Fsp3) is 0.538. The molecule has 2 unspecified atom stereocenters. The molecule has 1 aliphatic heterocycles. The molecule has 0 spiro atoms. The first-order valence-electron chi connectivity index (χ1n) is 12.8. The Morgan fingerprint density at radius 3 is 2.49 bits per heavy atom. The van der Waals surface area contributed by atoms with Gasteiger partial charge >= 0.3 is 12.1 Å². The number of likely N-dealkylation sites (tertiary alicyclic amines) is 1. The third kappa shape index (κ3) is 5.01. The van der Waals surface area contributed by atoms with Crippen LogP contribution in [0.3, 0.4) is 0 Å². The molecule has 208 valence electrons. The number of nitrogens with zero attached hydrogens (tertiary/aromatic N) is 3. The van der Waals surface area contributed by atoms with Crippen LogP contribution in [0.5, 0.6) is 0 Å². The van der Waals surface area contributed by atoms with E-state index in [1.54, 1.807) is 24.3 Å². The molecule has 4 N–H and O–H groups in total. The van der Waals surface area contributed by atoms with Crippen LogP contribution in [0.25, 0.3) is 10.8 Å². The van der Waals surface area contributed by atoms with Crippen molar-refractivity contribution < 1.29 is 32.3 Å². The Morgan fingerprint density at radius 1 is 1.15 bits per heavy atom. The van der Waals surface area contributed by atoms with Crippen molar-refractivity contribution in [2.24, 2.45) is 28.9 Å². The summed E-state index contributed by atoms with van der Waals surface area (Å²) < 4.78 is 39.0. The van der Waals surface area contributed by atoms with Gasteiger partial charge in [-0.15, -0.1) is 0 Å². The van der Waals surface area contributed by atoms with Gasteiger partial charge in [0.25, 0.3) is 0 Å². The van der Waals surface area contributed by atoms with Crippen molar-refractivity contribution in [2.45, 2.75) is 57.4 Å². The molecule has 3 fully saturated rings. The van der Waals surface area contributed by atoms with Crippen LogP contribution in [0, 0.1) is 23.2 Å². The van der Waals surface area contributed by atoms with E-state index in [4.69, 9.17) is 5.73 Å². The highest BCUT2D eigenvalue weighted by molar-refractivity contribution is 5.97. The Morgan fingerprint density at radius 2 is 1.85 bits per heavy atom. The van der Waals surface area contributed by atoms with Gasteiger partial charge in [-0.2, -0.15) is 23.4 Å². The molecule has 4 amide bonds. The Labute approximate surface area is 221 Å². The molecule has 5 rings (SSSR count). The number of hydrogen-bond donors (Lipinski definition) is 3. The van der Waals surface area contributed by atoms with E-state index in [-0.39, 0.29) is 41.8 Å². The van der Waals surface area contributed by atoms with Crippen LogP contribution >= 0.6 is 0 Å². The predicted molar refractivity (Wildman–Crippen MR) is 131 cm³/mol. The number of primary amides is 1. The number of aromatic nitrogens is 2. The summed E-state index contributed by atoms with van der Waals surface area (Å²) in [4.78, 5) is 52.7. The van der Waals surface area contributed by atoms with Crippen molar-refractivity contribution in [3.8, 4) is 0 Å². The largest absolute Gasteiger partial charge is 0.471 e. The van der Waals surface area contributed by atoms with Gasteiger partial charge in [0, 0.05) is 17.3 Å². The molecule has 2 saturated carbocycles. The lowest BCUT2D eigenvalue weighted by atomic mass is 9.98. The average Bonchev–Trinajstić information content (AvgIpc) is 3.73. The number of carbonyl (C=O) groups excluding carboxylic acids is 4. The molecule has 2 heterocycles. The number of rotatable bonds is 8. The van der Waals surface area contributed by atoms with Crippen molar-refractivity contribution in [1.82, 2.24) is 25.7 Å². The van der Waals surface area contributed by atoms with Crippen molar-refractivity contribution in [2.75, 3.05) is 6.54 Å². The van der Waals surface area contributed by atoms with E-state index in [0.717, 1.165) is 12.8 Å². The Kier molecular flexibility index (Phi) is 6.50. The van der Waals surface area contributed by atoms with Crippen LogP contribution in [0.1, 0.15) is 44.8 Å². The number of fused-ring (bicyclic) bond motifs is 2. The maximum atomic E-state index is 13.7. The lowest BCUT2D eigenvalue weighted by Crippen LogP contribution is -2.57. The lowest BCUT2D eigenvalue weighted by molar-refractivity contribution is -0.175. The van der Waals surface area contributed by atoms with E-state index in [9.17, 15) is 32.3 Å².